The molecule has 0 aromatic carbocycles. The molecule has 8 nitrogen and oxygen atoms in total. The van der Waals surface area contributed by atoms with Gasteiger partial charge in [0.05, 0.1) is 37.3 Å². The highest BCUT2D eigenvalue weighted by atomic mass is 16.5. The number of hydrogen-bond acceptors (Lipinski definition) is 6. The maximum atomic E-state index is 12.3. The van der Waals surface area contributed by atoms with Gasteiger partial charge in [0.2, 0.25) is 5.91 Å². The normalized spacial score (nSPS) is 20.0. The third kappa shape index (κ3) is 4.19. The topological polar surface area (TPSA) is 91.4 Å². The zero-order valence-electron chi connectivity index (χ0n) is 14.8. The Kier molecular flexibility index (Phi) is 5.37. The summed E-state index contributed by atoms with van der Waals surface area (Å²) in [5.41, 5.74) is 1.83. The third-order valence-corrected chi connectivity index (χ3v) is 4.38. The van der Waals surface area contributed by atoms with Gasteiger partial charge in [0.25, 0.3) is 0 Å². The zero-order chi connectivity index (χ0) is 17.8. The van der Waals surface area contributed by atoms with Crippen LogP contribution in [0.15, 0.2) is 16.9 Å². The highest BCUT2D eigenvalue weighted by Crippen LogP contribution is 2.17. The van der Waals surface area contributed by atoms with Crippen LogP contribution in [0, 0.1) is 13.8 Å². The van der Waals surface area contributed by atoms with E-state index in [0.717, 1.165) is 23.6 Å². The lowest BCUT2D eigenvalue weighted by atomic mass is 10.1. The van der Waals surface area contributed by atoms with E-state index < -0.39 is 0 Å². The van der Waals surface area contributed by atoms with Gasteiger partial charge in [-0.15, -0.1) is 0 Å². The first kappa shape index (κ1) is 17.5. The molecule has 0 radical (unpaired) electrons. The second-order valence-electron chi connectivity index (χ2n) is 6.20. The summed E-state index contributed by atoms with van der Waals surface area (Å²) in [7, 11) is 0. The summed E-state index contributed by atoms with van der Waals surface area (Å²) < 4.78 is 18.3. The van der Waals surface area contributed by atoms with Gasteiger partial charge < -0.3 is 19.3 Å². The summed E-state index contributed by atoms with van der Waals surface area (Å²) in [6.07, 6.45) is 4.29. The van der Waals surface area contributed by atoms with Gasteiger partial charge >= 0.3 is 0 Å². The Balaban J connectivity index is 1.51. The highest BCUT2D eigenvalue weighted by Gasteiger charge is 2.31. The molecular formula is C17H24N4O4. The summed E-state index contributed by atoms with van der Waals surface area (Å²) in [5.74, 6) is 1.42. The standard InChI is InChI=1S/C17H24N4O4/c1-4-21-8-13(7-18-21)24-16-10-23-9-15(16)19-17(22)6-5-14-11(2)20-25-12(14)3/h7-8,15-16H,4-6,9-10H2,1-3H3,(H,19,22)/t15-,16+/m0/s1. The van der Waals surface area contributed by atoms with Crippen molar-refractivity contribution in [2.45, 2.75) is 52.3 Å². The molecule has 0 unspecified atom stereocenters. The molecule has 1 fully saturated rings. The van der Waals surface area contributed by atoms with E-state index >= 15 is 0 Å². The van der Waals surface area contributed by atoms with Crippen LogP contribution in [0.5, 0.6) is 5.75 Å². The maximum Gasteiger partial charge on any atom is 0.220 e. The van der Waals surface area contributed by atoms with Crippen LogP contribution < -0.4 is 10.1 Å². The van der Waals surface area contributed by atoms with Crippen molar-refractivity contribution in [1.82, 2.24) is 20.3 Å². The van der Waals surface area contributed by atoms with Crippen molar-refractivity contribution in [3.63, 3.8) is 0 Å². The molecule has 0 spiro atoms. The molecule has 0 aliphatic carbocycles. The van der Waals surface area contributed by atoms with Gasteiger partial charge in [-0.05, 0) is 27.2 Å². The lowest BCUT2D eigenvalue weighted by Gasteiger charge is -2.19. The van der Waals surface area contributed by atoms with Gasteiger partial charge in [0.1, 0.15) is 11.9 Å². The van der Waals surface area contributed by atoms with E-state index in [1.165, 1.54) is 0 Å². The molecule has 1 aliphatic heterocycles. The number of rotatable bonds is 7. The van der Waals surface area contributed by atoms with Crippen molar-refractivity contribution in [3.8, 4) is 5.75 Å². The Labute approximate surface area is 146 Å². The second-order valence-corrected chi connectivity index (χ2v) is 6.20. The molecule has 2 atom stereocenters. The van der Waals surface area contributed by atoms with E-state index in [-0.39, 0.29) is 18.1 Å². The quantitative estimate of drug-likeness (QED) is 0.813. The van der Waals surface area contributed by atoms with Crippen molar-refractivity contribution >= 4 is 5.91 Å². The number of carbonyl (C=O) groups is 1. The SMILES string of the molecule is CCn1cc(O[C@@H]2COC[C@@H]2NC(=O)CCc2c(C)noc2C)cn1. The van der Waals surface area contributed by atoms with Crippen LogP contribution in [-0.4, -0.2) is 46.2 Å². The molecular weight excluding hydrogens is 324 g/mol. The molecule has 1 amide bonds. The number of ether oxygens (including phenoxy) is 2. The second kappa shape index (κ2) is 7.69. The Morgan fingerprint density at radius 2 is 2.28 bits per heavy atom. The van der Waals surface area contributed by atoms with E-state index in [0.29, 0.717) is 31.8 Å². The van der Waals surface area contributed by atoms with Gasteiger partial charge in [-0.1, -0.05) is 5.16 Å². The fourth-order valence-corrected chi connectivity index (χ4v) is 2.91. The molecule has 3 rings (SSSR count). The van der Waals surface area contributed by atoms with E-state index in [9.17, 15) is 4.79 Å². The fraction of sp³-hybridized carbons (Fsp3) is 0.588. The monoisotopic (exact) mass is 348 g/mol. The summed E-state index contributed by atoms with van der Waals surface area (Å²) in [4.78, 5) is 12.3. The van der Waals surface area contributed by atoms with Gasteiger partial charge in [0.15, 0.2) is 5.75 Å². The van der Waals surface area contributed by atoms with Crippen LogP contribution in [0.25, 0.3) is 0 Å². The molecule has 2 aromatic heterocycles. The predicted molar refractivity (Wildman–Crippen MR) is 89.4 cm³/mol. The first-order valence-corrected chi connectivity index (χ1v) is 8.54. The lowest BCUT2D eigenvalue weighted by Crippen LogP contribution is -2.45. The number of aryl methyl sites for hydroxylation is 3. The molecule has 8 heteroatoms. The minimum absolute atomic E-state index is 0.0339. The Morgan fingerprint density at radius 1 is 1.44 bits per heavy atom. The average Bonchev–Trinajstić information content (AvgIpc) is 3.29. The number of aromatic nitrogens is 3. The van der Waals surface area contributed by atoms with Gasteiger partial charge in [-0.3, -0.25) is 9.48 Å². The Bertz CT molecular complexity index is 705. The van der Waals surface area contributed by atoms with Gasteiger partial charge in [0, 0.05) is 18.5 Å². The first-order chi connectivity index (χ1) is 12.1. The third-order valence-electron chi connectivity index (χ3n) is 4.38. The van der Waals surface area contributed by atoms with Crippen molar-refractivity contribution < 1.29 is 18.8 Å². The predicted octanol–water partition coefficient (Wildman–Crippen LogP) is 1.40. The van der Waals surface area contributed by atoms with Gasteiger partial charge in [-0.25, -0.2) is 0 Å². The van der Waals surface area contributed by atoms with Crippen LogP contribution in [0.4, 0.5) is 0 Å². The summed E-state index contributed by atoms with van der Waals surface area (Å²) in [5, 5.41) is 11.1. The van der Waals surface area contributed by atoms with Crippen molar-refractivity contribution in [1.29, 1.82) is 0 Å². The highest BCUT2D eigenvalue weighted by molar-refractivity contribution is 5.76. The van der Waals surface area contributed by atoms with E-state index in [2.05, 4.69) is 15.6 Å². The van der Waals surface area contributed by atoms with Crippen LogP contribution in [0.3, 0.4) is 0 Å². The number of hydrogen-bond donors (Lipinski definition) is 1. The van der Waals surface area contributed by atoms with Crippen LogP contribution in [-0.2, 0) is 22.5 Å². The minimum atomic E-state index is -0.211. The average molecular weight is 348 g/mol. The zero-order valence-corrected chi connectivity index (χ0v) is 14.8. The molecule has 1 aliphatic rings. The molecule has 0 bridgehead atoms. The van der Waals surface area contributed by atoms with Crippen molar-refractivity contribution in [2.75, 3.05) is 13.2 Å². The molecule has 2 aromatic rings. The molecule has 0 saturated carbocycles. The minimum Gasteiger partial charge on any atom is -0.482 e. The lowest BCUT2D eigenvalue weighted by molar-refractivity contribution is -0.122. The molecule has 1 saturated heterocycles. The van der Waals surface area contributed by atoms with Crippen molar-refractivity contribution in [3.05, 3.63) is 29.4 Å². The molecule has 25 heavy (non-hydrogen) atoms. The largest absolute Gasteiger partial charge is 0.482 e. The summed E-state index contributed by atoms with van der Waals surface area (Å²) in [6.45, 7) is 7.44. The number of amides is 1. The van der Waals surface area contributed by atoms with E-state index in [1.807, 2.05) is 27.0 Å². The first-order valence-electron chi connectivity index (χ1n) is 8.54. The summed E-state index contributed by atoms with van der Waals surface area (Å²) in [6, 6.07) is -0.165. The maximum absolute atomic E-state index is 12.3. The van der Waals surface area contributed by atoms with Crippen LogP contribution >= 0.6 is 0 Å². The number of carbonyl (C=O) groups excluding carboxylic acids is 1. The fourth-order valence-electron chi connectivity index (χ4n) is 2.91. The van der Waals surface area contributed by atoms with Crippen LogP contribution in [0.1, 0.15) is 30.4 Å². The molecule has 3 heterocycles. The number of nitrogens with one attached hydrogen (secondary N) is 1. The Morgan fingerprint density at radius 3 is 2.96 bits per heavy atom. The van der Waals surface area contributed by atoms with E-state index in [1.54, 1.807) is 10.9 Å². The van der Waals surface area contributed by atoms with Crippen molar-refractivity contribution in [2.24, 2.45) is 0 Å². The van der Waals surface area contributed by atoms with Gasteiger partial charge in [-0.2, -0.15) is 5.10 Å². The van der Waals surface area contributed by atoms with E-state index in [4.69, 9.17) is 14.0 Å². The molecule has 136 valence electrons. The summed E-state index contributed by atoms with van der Waals surface area (Å²) >= 11 is 0. The smallest absolute Gasteiger partial charge is 0.220 e. The Hall–Kier alpha value is -2.35. The molecule has 1 N–H and O–H groups in total. The van der Waals surface area contributed by atoms with Crippen LogP contribution in [0.2, 0.25) is 0 Å². The number of nitrogens with zero attached hydrogens (tertiary/aromatic N) is 3.